The van der Waals surface area contributed by atoms with Gasteiger partial charge >= 0.3 is 0 Å². The lowest BCUT2D eigenvalue weighted by molar-refractivity contribution is 0.198. The van der Waals surface area contributed by atoms with Gasteiger partial charge in [0.15, 0.2) is 0 Å². The number of hydrogen-bond donors (Lipinski definition) is 0. The number of halogens is 1. The smallest absolute Gasteiger partial charge is 0.123 e. The maximum Gasteiger partial charge on any atom is 0.123 e. The highest BCUT2D eigenvalue weighted by Gasteiger charge is 2.23. The summed E-state index contributed by atoms with van der Waals surface area (Å²) in [6.45, 7) is 6.63. The monoisotopic (exact) mass is 365 g/mol. The number of piperidine rings is 1. The van der Waals surface area contributed by atoms with Gasteiger partial charge in [0.2, 0.25) is 0 Å². The minimum Gasteiger partial charge on any atom is -0.298 e. The van der Waals surface area contributed by atoms with Gasteiger partial charge in [0.1, 0.15) is 12.1 Å². The molecule has 0 bridgehead atoms. The Labute approximate surface area is 158 Å². The van der Waals surface area contributed by atoms with Crippen molar-refractivity contribution in [1.82, 2.24) is 24.6 Å². The van der Waals surface area contributed by atoms with Crippen LogP contribution in [0.2, 0.25) is 0 Å². The van der Waals surface area contributed by atoms with Crippen LogP contribution in [0.15, 0.2) is 42.9 Å². The second kappa shape index (κ2) is 7.56. The lowest BCUT2D eigenvalue weighted by atomic mass is 9.94. The fraction of sp³-hybridized carbons (Fsp3) is 0.381. The van der Waals surface area contributed by atoms with Gasteiger partial charge in [-0.2, -0.15) is 5.10 Å². The lowest BCUT2D eigenvalue weighted by Crippen LogP contribution is -2.34. The summed E-state index contributed by atoms with van der Waals surface area (Å²) >= 11 is 0. The lowest BCUT2D eigenvalue weighted by Gasteiger charge is -2.32. The molecule has 1 aromatic carbocycles. The predicted octanol–water partition coefficient (Wildman–Crippen LogP) is 3.80. The van der Waals surface area contributed by atoms with Gasteiger partial charge in [-0.25, -0.2) is 19.0 Å². The third-order valence-corrected chi connectivity index (χ3v) is 5.20. The van der Waals surface area contributed by atoms with Crippen LogP contribution in [0, 0.1) is 19.7 Å². The van der Waals surface area contributed by atoms with Gasteiger partial charge in [-0.3, -0.25) is 4.90 Å². The maximum atomic E-state index is 14.0. The zero-order chi connectivity index (χ0) is 18.8. The van der Waals surface area contributed by atoms with Crippen molar-refractivity contribution >= 4 is 0 Å². The van der Waals surface area contributed by atoms with Crippen LogP contribution in [0.25, 0.3) is 5.69 Å². The molecule has 0 saturated carbocycles. The van der Waals surface area contributed by atoms with Gasteiger partial charge in [0.05, 0.1) is 11.4 Å². The normalized spacial score (nSPS) is 18.0. The first-order valence-corrected chi connectivity index (χ1v) is 9.40. The van der Waals surface area contributed by atoms with Crippen LogP contribution in [-0.2, 0) is 6.54 Å². The number of benzene rings is 1. The zero-order valence-corrected chi connectivity index (χ0v) is 15.8. The number of rotatable bonds is 4. The standard InChI is InChI=1S/C21H24FN5/c1-15-10-16(2)27(25-15)21-6-5-19(22)11-18(21)13-26-9-3-4-17(12-26)20-7-8-23-14-24-20/h5-8,10-11,14,17H,3-4,9,12-13H2,1-2H3. The molecule has 3 aromatic rings. The summed E-state index contributed by atoms with van der Waals surface area (Å²) in [7, 11) is 0. The van der Waals surface area contributed by atoms with Crippen molar-refractivity contribution in [2.24, 2.45) is 0 Å². The molecular formula is C21H24FN5. The van der Waals surface area contributed by atoms with Crippen molar-refractivity contribution in [2.75, 3.05) is 13.1 Å². The molecule has 0 radical (unpaired) electrons. The van der Waals surface area contributed by atoms with Crippen LogP contribution < -0.4 is 0 Å². The van der Waals surface area contributed by atoms with E-state index in [-0.39, 0.29) is 5.82 Å². The van der Waals surface area contributed by atoms with Gasteiger partial charge in [-0.05, 0) is 69.1 Å². The Hall–Kier alpha value is -2.60. The fourth-order valence-corrected chi connectivity index (χ4v) is 3.98. The molecule has 0 amide bonds. The molecule has 3 heterocycles. The molecular weight excluding hydrogens is 341 g/mol. The molecule has 1 aliphatic rings. The Morgan fingerprint density at radius 3 is 2.81 bits per heavy atom. The molecule has 1 aliphatic heterocycles. The van der Waals surface area contributed by atoms with E-state index in [2.05, 4.69) is 20.0 Å². The number of likely N-dealkylation sites (tertiary alicyclic amines) is 1. The van der Waals surface area contributed by atoms with Crippen LogP contribution in [0.5, 0.6) is 0 Å². The summed E-state index contributed by atoms with van der Waals surface area (Å²) in [6, 6.07) is 9.02. The molecule has 1 saturated heterocycles. The first-order valence-electron chi connectivity index (χ1n) is 9.40. The predicted molar refractivity (Wildman–Crippen MR) is 102 cm³/mol. The number of nitrogens with zero attached hydrogens (tertiary/aromatic N) is 5. The molecule has 1 unspecified atom stereocenters. The summed E-state index contributed by atoms with van der Waals surface area (Å²) in [6.07, 6.45) is 5.65. The minimum atomic E-state index is -0.209. The third kappa shape index (κ3) is 3.90. The Bertz CT molecular complexity index is 922. The van der Waals surface area contributed by atoms with Crippen LogP contribution >= 0.6 is 0 Å². The summed E-state index contributed by atoms with van der Waals surface area (Å²) in [4.78, 5) is 10.8. The van der Waals surface area contributed by atoms with Crippen molar-refractivity contribution < 1.29 is 4.39 Å². The second-order valence-corrected chi connectivity index (χ2v) is 7.32. The number of hydrogen-bond acceptors (Lipinski definition) is 4. The van der Waals surface area contributed by atoms with Gasteiger partial charge < -0.3 is 0 Å². The van der Waals surface area contributed by atoms with Crippen molar-refractivity contribution in [3.8, 4) is 5.69 Å². The van der Waals surface area contributed by atoms with Crippen molar-refractivity contribution in [1.29, 1.82) is 0 Å². The van der Waals surface area contributed by atoms with E-state index in [1.807, 2.05) is 36.7 Å². The summed E-state index contributed by atoms with van der Waals surface area (Å²) in [5.74, 6) is 0.187. The molecule has 1 atom stereocenters. The summed E-state index contributed by atoms with van der Waals surface area (Å²) < 4.78 is 15.9. The molecule has 27 heavy (non-hydrogen) atoms. The van der Waals surface area contributed by atoms with Crippen LogP contribution in [0.1, 0.15) is 41.4 Å². The van der Waals surface area contributed by atoms with Crippen LogP contribution in [0.4, 0.5) is 4.39 Å². The first-order chi connectivity index (χ1) is 13.1. The molecule has 140 valence electrons. The Balaban J connectivity index is 1.59. The van der Waals surface area contributed by atoms with Crippen molar-refractivity contribution in [2.45, 2.75) is 39.2 Å². The van der Waals surface area contributed by atoms with E-state index < -0.39 is 0 Å². The van der Waals surface area contributed by atoms with E-state index in [1.54, 1.807) is 18.6 Å². The van der Waals surface area contributed by atoms with Crippen molar-refractivity contribution in [3.63, 3.8) is 0 Å². The first kappa shape index (κ1) is 17.8. The van der Waals surface area contributed by atoms with Crippen LogP contribution in [-0.4, -0.2) is 37.7 Å². The van der Waals surface area contributed by atoms with Gasteiger partial charge in [-0.15, -0.1) is 0 Å². The number of aromatic nitrogens is 4. The Morgan fingerprint density at radius 1 is 1.19 bits per heavy atom. The molecule has 0 spiro atoms. The highest BCUT2D eigenvalue weighted by Crippen LogP contribution is 2.27. The quantitative estimate of drug-likeness (QED) is 0.706. The maximum absolute atomic E-state index is 14.0. The highest BCUT2D eigenvalue weighted by molar-refractivity contribution is 5.42. The van der Waals surface area contributed by atoms with Gasteiger partial charge in [0.25, 0.3) is 0 Å². The topological polar surface area (TPSA) is 46.8 Å². The Morgan fingerprint density at radius 2 is 2.07 bits per heavy atom. The summed E-state index contributed by atoms with van der Waals surface area (Å²) in [5.41, 5.74) is 5.02. The summed E-state index contributed by atoms with van der Waals surface area (Å²) in [5, 5.41) is 4.59. The highest BCUT2D eigenvalue weighted by atomic mass is 19.1. The van der Waals surface area contributed by atoms with E-state index in [1.165, 1.54) is 6.07 Å². The van der Waals surface area contributed by atoms with E-state index in [9.17, 15) is 4.39 Å². The minimum absolute atomic E-state index is 0.209. The second-order valence-electron chi connectivity index (χ2n) is 7.32. The Kier molecular flexibility index (Phi) is 4.99. The van der Waals surface area contributed by atoms with E-state index >= 15 is 0 Å². The molecule has 5 nitrogen and oxygen atoms in total. The molecule has 2 aromatic heterocycles. The molecule has 4 rings (SSSR count). The molecule has 1 fully saturated rings. The van der Waals surface area contributed by atoms with Gasteiger partial charge in [0, 0.05) is 36.6 Å². The number of aryl methyl sites for hydroxylation is 2. The fourth-order valence-electron chi connectivity index (χ4n) is 3.98. The molecule has 6 heteroatoms. The average Bonchev–Trinajstić information content (AvgIpc) is 3.01. The van der Waals surface area contributed by atoms with Gasteiger partial charge in [-0.1, -0.05) is 0 Å². The van der Waals surface area contributed by atoms with E-state index in [0.29, 0.717) is 12.5 Å². The molecule has 0 N–H and O–H groups in total. The van der Waals surface area contributed by atoms with Crippen molar-refractivity contribution in [3.05, 3.63) is 71.3 Å². The van der Waals surface area contributed by atoms with E-state index in [4.69, 9.17) is 0 Å². The molecule has 0 aliphatic carbocycles. The van der Waals surface area contributed by atoms with Crippen LogP contribution in [0.3, 0.4) is 0 Å². The average molecular weight is 365 g/mol. The third-order valence-electron chi connectivity index (χ3n) is 5.20. The largest absolute Gasteiger partial charge is 0.298 e. The van der Waals surface area contributed by atoms with E-state index in [0.717, 1.165) is 54.3 Å². The zero-order valence-electron chi connectivity index (χ0n) is 15.8. The SMILES string of the molecule is Cc1cc(C)n(-c2ccc(F)cc2CN2CCCC(c3ccncn3)C2)n1.